The number of benzene rings is 2. The van der Waals surface area contributed by atoms with E-state index >= 15 is 0 Å². The Labute approximate surface area is 164 Å². The SMILES string of the molecule is COc1ccc(/C=C(\C#N)C(=O)Nc2cccc(Cl)c2C)c(OC(C)C)c1. The minimum atomic E-state index is -0.519. The van der Waals surface area contributed by atoms with E-state index in [0.717, 1.165) is 5.56 Å². The molecule has 2 rings (SSSR count). The third-order valence-corrected chi connectivity index (χ3v) is 4.17. The topological polar surface area (TPSA) is 71.3 Å². The quantitative estimate of drug-likeness (QED) is 0.562. The molecular formula is C21H21ClN2O3. The highest BCUT2D eigenvalue weighted by molar-refractivity contribution is 6.31. The molecule has 0 aromatic heterocycles. The van der Waals surface area contributed by atoms with E-state index in [1.807, 2.05) is 19.9 Å². The lowest BCUT2D eigenvalue weighted by Crippen LogP contribution is -2.14. The van der Waals surface area contributed by atoms with E-state index in [9.17, 15) is 10.1 Å². The summed E-state index contributed by atoms with van der Waals surface area (Å²) in [7, 11) is 1.56. The van der Waals surface area contributed by atoms with Crippen molar-refractivity contribution in [3.8, 4) is 17.6 Å². The molecule has 0 bridgehead atoms. The summed E-state index contributed by atoms with van der Waals surface area (Å²) in [5.41, 5.74) is 1.85. The van der Waals surface area contributed by atoms with Gasteiger partial charge in [-0.3, -0.25) is 4.79 Å². The number of ether oxygens (including phenoxy) is 2. The van der Waals surface area contributed by atoms with Gasteiger partial charge in [0.1, 0.15) is 23.1 Å². The van der Waals surface area contributed by atoms with Crippen LogP contribution in [0.1, 0.15) is 25.0 Å². The van der Waals surface area contributed by atoms with Crippen molar-refractivity contribution in [3.05, 3.63) is 58.1 Å². The number of hydrogen-bond donors (Lipinski definition) is 1. The van der Waals surface area contributed by atoms with E-state index in [0.29, 0.717) is 27.8 Å². The molecule has 0 aliphatic rings. The molecule has 0 spiro atoms. The highest BCUT2D eigenvalue weighted by atomic mass is 35.5. The number of hydrogen-bond acceptors (Lipinski definition) is 4. The third-order valence-electron chi connectivity index (χ3n) is 3.76. The van der Waals surface area contributed by atoms with Gasteiger partial charge in [0, 0.05) is 22.3 Å². The molecule has 6 heteroatoms. The normalized spacial score (nSPS) is 11.1. The van der Waals surface area contributed by atoms with Gasteiger partial charge in [-0.25, -0.2) is 0 Å². The van der Waals surface area contributed by atoms with E-state index in [1.54, 1.807) is 50.4 Å². The Balaban J connectivity index is 2.36. The predicted molar refractivity (Wildman–Crippen MR) is 107 cm³/mol. The van der Waals surface area contributed by atoms with Crippen molar-refractivity contribution in [2.24, 2.45) is 0 Å². The number of amides is 1. The van der Waals surface area contributed by atoms with Crippen LogP contribution in [0.3, 0.4) is 0 Å². The Bertz CT molecular complexity index is 914. The van der Waals surface area contributed by atoms with E-state index in [4.69, 9.17) is 21.1 Å². The molecule has 0 radical (unpaired) electrons. The summed E-state index contributed by atoms with van der Waals surface area (Å²) in [6.45, 7) is 5.59. The molecule has 0 unspecified atom stereocenters. The maximum Gasteiger partial charge on any atom is 0.266 e. The summed E-state index contributed by atoms with van der Waals surface area (Å²) in [5.74, 6) is 0.637. The molecule has 2 aromatic rings. The first-order chi connectivity index (χ1) is 12.8. The van der Waals surface area contributed by atoms with Crippen LogP contribution < -0.4 is 14.8 Å². The number of carbonyl (C=O) groups is 1. The van der Waals surface area contributed by atoms with Crippen LogP contribution in [0.15, 0.2) is 42.0 Å². The second kappa shape index (κ2) is 9.11. The van der Waals surface area contributed by atoms with Crippen LogP contribution in [0.4, 0.5) is 5.69 Å². The Morgan fingerprint density at radius 2 is 2.04 bits per heavy atom. The van der Waals surface area contributed by atoms with Crippen molar-refractivity contribution in [1.82, 2.24) is 0 Å². The molecule has 0 atom stereocenters. The summed E-state index contributed by atoms with van der Waals surface area (Å²) in [4.78, 5) is 12.6. The highest BCUT2D eigenvalue weighted by Gasteiger charge is 2.14. The zero-order valence-corrected chi connectivity index (χ0v) is 16.4. The van der Waals surface area contributed by atoms with Crippen LogP contribution >= 0.6 is 11.6 Å². The van der Waals surface area contributed by atoms with E-state index in [1.165, 1.54) is 6.08 Å². The molecule has 0 aliphatic carbocycles. The summed E-state index contributed by atoms with van der Waals surface area (Å²) in [6, 6.07) is 12.4. The third kappa shape index (κ3) is 5.25. The number of nitrogens with zero attached hydrogens (tertiary/aromatic N) is 1. The van der Waals surface area contributed by atoms with Crippen molar-refractivity contribution < 1.29 is 14.3 Å². The molecule has 1 amide bonds. The molecule has 0 saturated heterocycles. The lowest BCUT2D eigenvalue weighted by atomic mass is 10.1. The average Bonchev–Trinajstić information content (AvgIpc) is 2.63. The van der Waals surface area contributed by atoms with Gasteiger partial charge in [-0.15, -0.1) is 0 Å². The Morgan fingerprint density at radius 1 is 1.30 bits per heavy atom. The van der Waals surface area contributed by atoms with Crippen molar-refractivity contribution in [1.29, 1.82) is 5.26 Å². The number of methoxy groups -OCH3 is 1. The Hall–Kier alpha value is -2.97. The summed E-state index contributed by atoms with van der Waals surface area (Å²) < 4.78 is 11.0. The van der Waals surface area contributed by atoms with Gasteiger partial charge in [-0.2, -0.15) is 5.26 Å². The number of rotatable bonds is 6. The molecule has 0 heterocycles. The monoisotopic (exact) mass is 384 g/mol. The lowest BCUT2D eigenvalue weighted by Gasteiger charge is -2.14. The smallest absolute Gasteiger partial charge is 0.266 e. The molecule has 0 fully saturated rings. The van der Waals surface area contributed by atoms with Crippen LogP contribution in [0.2, 0.25) is 5.02 Å². The number of anilines is 1. The zero-order valence-electron chi connectivity index (χ0n) is 15.7. The maximum absolute atomic E-state index is 12.6. The standard InChI is InChI=1S/C21H21ClN2O3/c1-13(2)27-20-11-17(26-4)9-8-15(20)10-16(12-23)21(25)24-19-7-5-6-18(22)14(19)3/h5-11,13H,1-4H3,(H,24,25)/b16-10+. The maximum atomic E-state index is 12.6. The van der Waals surface area contributed by atoms with Gasteiger partial charge in [0.15, 0.2) is 0 Å². The fourth-order valence-corrected chi connectivity index (χ4v) is 2.53. The lowest BCUT2D eigenvalue weighted by molar-refractivity contribution is -0.112. The van der Waals surface area contributed by atoms with Gasteiger partial charge in [0.25, 0.3) is 5.91 Å². The average molecular weight is 385 g/mol. The van der Waals surface area contributed by atoms with Crippen LogP contribution in [-0.2, 0) is 4.79 Å². The molecular weight excluding hydrogens is 364 g/mol. The van der Waals surface area contributed by atoms with Gasteiger partial charge < -0.3 is 14.8 Å². The summed E-state index contributed by atoms with van der Waals surface area (Å²) >= 11 is 6.08. The summed E-state index contributed by atoms with van der Waals surface area (Å²) in [6.07, 6.45) is 1.42. The molecule has 140 valence electrons. The fourth-order valence-electron chi connectivity index (χ4n) is 2.35. The number of carbonyl (C=O) groups excluding carboxylic acids is 1. The van der Waals surface area contributed by atoms with Gasteiger partial charge in [0.05, 0.1) is 13.2 Å². The number of nitriles is 1. The summed E-state index contributed by atoms with van der Waals surface area (Å²) in [5, 5.41) is 12.7. The second-order valence-electron chi connectivity index (χ2n) is 6.11. The first-order valence-corrected chi connectivity index (χ1v) is 8.76. The first-order valence-electron chi connectivity index (χ1n) is 8.38. The molecule has 0 aliphatic heterocycles. The van der Waals surface area contributed by atoms with Crippen LogP contribution in [0, 0.1) is 18.3 Å². The van der Waals surface area contributed by atoms with Crippen LogP contribution in [0.25, 0.3) is 6.08 Å². The van der Waals surface area contributed by atoms with Crippen LogP contribution in [0.5, 0.6) is 11.5 Å². The molecule has 0 saturated carbocycles. The van der Waals surface area contributed by atoms with Gasteiger partial charge in [-0.1, -0.05) is 17.7 Å². The first kappa shape index (κ1) is 20.3. The van der Waals surface area contributed by atoms with Crippen LogP contribution in [-0.4, -0.2) is 19.1 Å². The number of nitrogens with one attached hydrogen (secondary N) is 1. The zero-order chi connectivity index (χ0) is 20.0. The largest absolute Gasteiger partial charge is 0.497 e. The Morgan fingerprint density at radius 3 is 2.67 bits per heavy atom. The minimum Gasteiger partial charge on any atom is -0.497 e. The second-order valence-corrected chi connectivity index (χ2v) is 6.51. The molecule has 1 N–H and O–H groups in total. The van der Waals surface area contributed by atoms with Gasteiger partial charge >= 0.3 is 0 Å². The van der Waals surface area contributed by atoms with Crippen molar-refractivity contribution in [2.75, 3.05) is 12.4 Å². The van der Waals surface area contributed by atoms with E-state index in [2.05, 4.69) is 5.32 Å². The van der Waals surface area contributed by atoms with E-state index in [-0.39, 0.29) is 11.7 Å². The molecule has 2 aromatic carbocycles. The van der Waals surface area contributed by atoms with Gasteiger partial charge in [0.2, 0.25) is 0 Å². The number of halogens is 1. The predicted octanol–water partition coefficient (Wildman–Crippen LogP) is 4.99. The van der Waals surface area contributed by atoms with E-state index < -0.39 is 5.91 Å². The Kier molecular flexibility index (Phi) is 6.86. The fraction of sp³-hybridized carbons (Fsp3) is 0.238. The molecule has 5 nitrogen and oxygen atoms in total. The van der Waals surface area contributed by atoms with Crippen molar-refractivity contribution >= 4 is 29.3 Å². The minimum absolute atomic E-state index is 0.0480. The van der Waals surface area contributed by atoms with Gasteiger partial charge in [-0.05, 0) is 56.7 Å². The van der Waals surface area contributed by atoms with Crippen molar-refractivity contribution in [2.45, 2.75) is 26.9 Å². The highest BCUT2D eigenvalue weighted by Crippen LogP contribution is 2.28. The van der Waals surface area contributed by atoms with Crippen molar-refractivity contribution in [3.63, 3.8) is 0 Å². The molecule has 27 heavy (non-hydrogen) atoms.